The van der Waals surface area contributed by atoms with Gasteiger partial charge in [0.1, 0.15) is 17.6 Å². The molecule has 0 saturated heterocycles. The number of pyridine rings is 1. The molecule has 2 rings (SSSR count). The van der Waals surface area contributed by atoms with Crippen molar-refractivity contribution >= 4 is 5.82 Å². The van der Waals surface area contributed by atoms with Crippen molar-refractivity contribution in [2.75, 3.05) is 39.6 Å². The minimum Gasteiger partial charge on any atom is -0.497 e. The number of nitriles is 1. The minimum atomic E-state index is 0.552. The lowest BCUT2D eigenvalue weighted by molar-refractivity contribution is 0.415. The molecule has 0 unspecified atom stereocenters. The third-order valence-electron chi connectivity index (χ3n) is 3.25. The van der Waals surface area contributed by atoms with E-state index in [-0.39, 0.29) is 0 Å². The first-order chi connectivity index (χ1) is 10.6. The molecule has 0 radical (unpaired) electrons. The average molecular weight is 296 g/mol. The Labute approximate surface area is 131 Å². The molecule has 1 aromatic heterocycles. The Bertz CT molecular complexity index is 659. The highest BCUT2D eigenvalue weighted by atomic mass is 16.5. The minimum absolute atomic E-state index is 0.552. The number of rotatable bonds is 6. The summed E-state index contributed by atoms with van der Waals surface area (Å²) in [4.78, 5) is 6.65. The molecule has 1 N–H and O–H groups in total. The van der Waals surface area contributed by atoms with E-state index >= 15 is 0 Å². The first kappa shape index (κ1) is 15.8. The van der Waals surface area contributed by atoms with Gasteiger partial charge in [-0.05, 0) is 50.5 Å². The number of nitrogens with one attached hydrogen (secondary N) is 1. The summed E-state index contributed by atoms with van der Waals surface area (Å²) in [5.41, 5.74) is 2.37. The molecule has 5 heteroatoms. The van der Waals surface area contributed by atoms with Gasteiger partial charge in [-0.1, -0.05) is 0 Å². The highest BCUT2D eigenvalue weighted by molar-refractivity contribution is 5.65. The van der Waals surface area contributed by atoms with E-state index in [9.17, 15) is 5.26 Å². The number of nitrogens with zero attached hydrogens (tertiary/aromatic N) is 3. The maximum absolute atomic E-state index is 9.20. The van der Waals surface area contributed by atoms with E-state index in [1.807, 2.05) is 44.4 Å². The fourth-order valence-electron chi connectivity index (χ4n) is 2.00. The second kappa shape index (κ2) is 7.43. The Morgan fingerprint density at radius 3 is 2.50 bits per heavy atom. The van der Waals surface area contributed by atoms with Crippen LogP contribution >= 0.6 is 0 Å². The highest BCUT2D eigenvalue weighted by Crippen LogP contribution is 2.23. The zero-order chi connectivity index (χ0) is 15.9. The van der Waals surface area contributed by atoms with Gasteiger partial charge in [0, 0.05) is 18.7 Å². The SMILES string of the molecule is COc1ccc(-c2ccc(C#N)c(NCCN(C)C)n2)cc1. The van der Waals surface area contributed by atoms with E-state index in [2.05, 4.69) is 21.3 Å². The Kier molecular flexibility index (Phi) is 5.34. The molecule has 5 nitrogen and oxygen atoms in total. The van der Waals surface area contributed by atoms with Gasteiger partial charge in [-0.15, -0.1) is 0 Å². The summed E-state index contributed by atoms with van der Waals surface area (Å²) in [5, 5.41) is 12.4. The van der Waals surface area contributed by atoms with Crippen LogP contribution in [-0.4, -0.2) is 44.2 Å². The quantitative estimate of drug-likeness (QED) is 0.888. The largest absolute Gasteiger partial charge is 0.497 e. The molecule has 0 spiro atoms. The van der Waals surface area contributed by atoms with E-state index in [1.165, 1.54) is 0 Å². The van der Waals surface area contributed by atoms with Crippen molar-refractivity contribution in [1.82, 2.24) is 9.88 Å². The van der Waals surface area contributed by atoms with Gasteiger partial charge in [0.25, 0.3) is 0 Å². The van der Waals surface area contributed by atoms with Crippen molar-refractivity contribution in [1.29, 1.82) is 5.26 Å². The number of anilines is 1. The average Bonchev–Trinajstić information content (AvgIpc) is 2.54. The molecule has 1 heterocycles. The number of ether oxygens (including phenoxy) is 1. The van der Waals surface area contributed by atoms with Crippen molar-refractivity contribution in [2.45, 2.75) is 0 Å². The second-order valence-electron chi connectivity index (χ2n) is 5.16. The number of methoxy groups -OCH3 is 1. The van der Waals surface area contributed by atoms with Crippen LogP contribution in [0.4, 0.5) is 5.82 Å². The predicted molar refractivity (Wildman–Crippen MR) is 88.0 cm³/mol. The topological polar surface area (TPSA) is 61.2 Å². The summed E-state index contributed by atoms with van der Waals surface area (Å²) >= 11 is 0. The molecule has 0 aliphatic heterocycles. The molecule has 0 bridgehead atoms. The first-order valence-corrected chi connectivity index (χ1v) is 7.08. The maximum Gasteiger partial charge on any atom is 0.144 e. The van der Waals surface area contributed by atoms with Crippen LogP contribution in [0.3, 0.4) is 0 Å². The zero-order valence-electron chi connectivity index (χ0n) is 13.1. The van der Waals surface area contributed by atoms with Gasteiger partial charge in [-0.2, -0.15) is 5.26 Å². The van der Waals surface area contributed by atoms with Gasteiger partial charge >= 0.3 is 0 Å². The monoisotopic (exact) mass is 296 g/mol. The lowest BCUT2D eigenvalue weighted by atomic mass is 10.1. The summed E-state index contributed by atoms with van der Waals surface area (Å²) in [6, 6.07) is 13.5. The molecule has 1 aromatic carbocycles. The molecular formula is C17H20N4O. The third kappa shape index (κ3) is 3.96. The van der Waals surface area contributed by atoms with Gasteiger partial charge in [0.2, 0.25) is 0 Å². The number of benzene rings is 1. The predicted octanol–water partition coefficient (Wildman–Crippen LogP) is 2.60. The van der Waals surface area contributed by atoms with Crippen molar-refractivity contribution in [3.05, 3.63) is 42.0 Å². The normalized spacial score (nSPS) is 10.3. The van der Waals surface area contributed by atoms with E-state index in [0.29, 0.717) is 11.4 Å². The van der Waals surface area contributed by atoms with Gasteiger partial charge in [-0.25, -0.2) is 4.98 Å². The van der Waals surface area contributed by atoms with E-state index in [1.54, 1.807) is 13.2 Å². The molecule has 0 aliphatic rings. The van der Waals surface area contributed by atoms with Crippen molar-refractivity contribution in [2.24, 2.45) is 0 Å². The van der Waals surface area contributed by atoms with Crippen LogP contribution in [0.1, 0.15) is 5.56 Å². The molecule has 0 amide bonds. The smallest absolute Gasteiger partial charge is 0.144 e. The Morgan fingerprint density at radius 2 is 1.91 bits per heavy atom. The fourth-order valence-corrected chi connectivity index (χ4v) is 2.00. The summed E-state index contributed by atoms with van der Waals surface area (Å²) in [6.45, 7) is 1.61. The van der Waals surface area contributed by atoms with Gasteiger partial charge < -0.3 is 15.0 Å². The summed E-state index contributed by atoms with van der Waals surface area (Å²) in [6.07, 6.45) is 0. The summed E-state index contributed by atoms with van der Waals surface area (Å²) < 4.78 is 5.16. The Morgan fingerprint density at radius 1 is 1.18 bits per heavy atom. The number of aromatic nitrogens is 1. The van der Waals surface area contributed by atoms with Crippen LogP contribution < -0.4 is 10.1 Å². The van der Waals surface area contributed by atoms with E-state index in [0.717, 1.165) is 30.1 Å². The number of hydrogen-bond donors (Lipinski definition) is 1. The van der Waals surface area contributed by atoms with Crippen molar-refractivity contribution < 1.29 is 4.74 Å². The lowest BCUT2D eigenvalue weighted by Crippen LogP contribution is -2.21. The molecule has 22 heavy (non-hydrogen) atoms. The first-order valence-electron chi connectivity index (χ1n) is 7.08. The Balaban J connectivity index is 2.23. The van der Waals surface area contributed by atoms with Crippen molar-refractivity contribution in [3.63, 3.8) is 0 Å². The molecular weight excluding hydrogens is 276 g/mol. The van der Waals surface area contributed by atoms with Crippen LogP contribution in [0.5, 0.6) is 5.75 Å². The van der Waals surface area contributed by atoms with E-state index in [4.69, 9.17) is 4.74 Å². The highest BCUT2D eigenvalue weighted by Gasteiger charge is 2.07. The molecule has 114 valence electrons. The van der Waals surface area contributed by atoms with Crippen LogP contribution in [0, 0.1) is 11.3 Å². The van der Waals surface area contributed by atoms with Gasteiger partial charge in [0.15, 0.2) is 0 Å². The van der Waals surface area contributed by atoms with Gasteiger partial charge in [-0.3, -0.25) is 0 Å². The number of hydrogen-bond acceptors (Lipinski definition) is 5. The molecule has 2 aromatic rings. The molecule has 0 fully saturated rings. The summed E-state index contributed by atoms with van der Waals surface area (Å²) in [5.74, 6) is 1.43. The fraction of sp³-hybridized carbons (Fsp3) is 0.294. The molecule has 0 atom stereocenters. The van der Waals surface area contributed by atoms with Crippen LogP contribution in [-0.2, 0) is 0 Å². The van der Waals surface area contributed by atoms with Gasteiger partial charge in [0.05, 0.1) is 18.4 Å². The maximum atomic E-state index is 9.20. The van der Waals surface area contributed by atoms with E-state index < -0.39 is 0 Å². The van der Waals surface area contributed by atoms with Crippen LogP contribution in [0.25, 0.3) is 11.3 Å². The third-order valence-corrected chi connectivity index (χ3v) is 3.25. The zero-order valence-corrected chi connectivity index (χ0v) is 13.1. The lowest BCUT2D eigenvalue weighted by Gasteiger charge is -2.12. The molecule has 0 saturated carbocycles. The van der Waals surface area contributed by atoms with Crippen LogP contribution in [0.15, 0.2) is 36.4 Å². The standard InChI is InChI=1S/C17H20N4O/c1-21(2)11-10-19-17-14(12-18)6-9-16(20-17)13-4-7-15(22-3)8-5-13/h4-9H,10-11H2,1-3H3,(H,19,20). The van der Waals surface area contributed by atoms with Crippen molar-refractivity contribution in [3.8, 4) is 23.1 Å². The number of likely N-dealkylation sites (N-methyl/N-ethyl adjacent to an activating group) is 1. The second-order valence-corrected chi connectivity index (χ2v) is 5.16. The van der Waals surface area contributed by atoms with Crippen LogP contribution in [0.2, 0.25) is 0 Å². The Hall–Kier alpha value is -2.58. The summed E-state index contributed by atoms with van der Waals surface area (Å²) in [7, 11) is 5.66. The molecule has 0 aliphatic carbocycles.